The highest BCUT2D eigenvalue weighted by Crippen LogP contribution is 2.65. The number of likely N-dealkylation sites (tertiary alicyclic amines) is 1. The molecule has 1 saturated heterocycles. The predicted octanol–water partition coefficient (Wildman–Crippen LogP) is 6.52. The molecule has 50 heavy (non-hydrogen) atoms. The Hall–Kier alpha value is -4.49. The van der Waals surface area contributed by atoms with E-state index in [1.54, 1.807) is 4.90 Å². The van der Waals surface area contributed by atoms with Gasteiger partial charge in [-0.05, 0) is 80.3 Å². The molecule has 0 aromatic heterocycles. The van der Waals surface area contributed by atoms with Crippen molar-refractivity contribution in [3.63, 3.8) is 0 Å². The van der Waals surface area contributed by atoms with E-state index < -0.39 is 35.1 Å². The second kappa shape index (κ2) is 13.0. The number of carbonyl (C=O) groups is 2. The first kappa shape index (κ1) is 34.0. The molecule has 5 atom stereocenters. The lowest BCUT2D eigenvalue weighted by atomic mass is 9.50. The zero-order chi connectivity index (χ0) is 35.4. The monoisotopic (exact) mass is 686 g/mol. The molecule has 1 amide bonds. The molecule has 7 nitrogen and oxygen atoms in total. The average molecular weight is 687 g/mol. The molecule has 2 bridgehead atoms. The van der Waals surface area contributed by atoms with E-state index in [0.29, 0.717) is 36.4 Å². The summed E-state index contributed by atoms with van der Waals surface area (Å²) in [7, 11) is 0. The Morgan fingerprint density at radius 2 is 1.86 bits per heavy atom. The topological polar surface area (TPSA) is 79.3 Å². The molecule has 7 rings (SSSR count). The third-order valence-electron chi connectivity index (χ3n) is 11.0. The lowest BCUT2D eigenvalue weighted by molar-refractivity contribution is -0.138. The summed E-state index contributed by atoms with van der Waals surface area (Å²) < 4.78 is 51.8. The first-order valence-electron chi connectivity index (χ1n) is 17.4. The number of alkyl halides is 3. The van der Waals surface area contributed by atoms with Crippen LogP contribution in [0.1, 0.15) is 67.9 Å². The van der Waals surface area contributed by atoms with Crippen LogP contribution in [-0.2, 0) is 34.0 Å². The number of amides is 1. The number of halogens is 3. The Kier molecular flexibility index (Phi) is 8.83. The second-order valence-electron chi connectivity index (χ2n) is 14.5. The molecule has 2 heterocycles. The van der Waals surface area contributed by atoms with Crippen LogP contribution >= 0.6 is 0 Å². The summed E-state index contributed by atoms with van der Waals surface area (Å²) >= 11 is 0. The maximum atomic E-state index is 14.0. The van der Waals surface area contributed by atoms with E-state index in [1.807, 2.05) is 19.9 Å². The predicted molar refractivity (Wildman–Crippen MR) is 181 cm³/mol. The summed E-state index contributed by atoms with van der Waals surface area (Å²) in [5.41, 5.74) is 2.06. The Morgan fingerprint density at radius 3 is 2.54 bits per heavy atom. The van der Waals surface area contributed by atoms with Crippen LogP contribution in [0.5, 0.6) is 17.2 Å². The van der Waals surface area contributed by atoms with Gasteiger partial charge in [0.25, 0.3) is 5.91 Å². The van der Waals surface area contributed by atoms with Gasteiger partial charge in [0.05, 0.1) is 11.6 Å². The van der Waals surface area contributed by atoms with Gasteiger partial charge in [0.1, 0.15) is 11.9 Å². The molecule has 4 aliphatic rings. The number of benzene rings is 3. The van der Waals surface area contributed by atoms with Gasteiger partial charge in [-0.3, -0.25) is 14.5 Å². The van der Waals surface area contributed by atoms with E-state index >= 15 is 0 Å². The Labute approximate surface area is 290 Å². The summed E-state index contributed by atoms with van der Waals surface area (Å²) in [6, 6.07) is 16.1. The van der Waals surface area contributed by atoms with Crippen LogP contribution in [0.25, 0.3) is 0 Å². The zero-order valence-electron chi connectivity index (χ0n) is 28.4. The minimum absolute atomic E-state index is 0.0879. The summed E-state index contributed by atoms with van der Waals surface area (Å²) in [4.78, 5) is 30.6. The molecule has 2 aliphatic heterocycles. The van der Waals surface area contributed by atoms with E-state index in [9.17, 15) is 27.9 Å². The molecule has 262 valence electrons. The largest absolute Gasteiger partial charge is 0.504 e. The van der Waals surface area contributed by atoms with Gasteiger partial charge in [0, 0.05) is 60.1 Å². The first-order valence-corrected chi connectivity index (χ1v) is 17.4. The maximum absolute atomic E-state index is 14.0. The van der Waals surface area contributed by atoms with Crippen LogP contribution in [0.15, 0.2) is 60.7 Å². The number of piperidine rings is 1. The number of aromatic hydroxyl groups is 1. The SMILES string of the molecule is CC(=O)Oc1cc(O)c2c3c1C[C@@H]1[C@@H]4CC[C@@H](N(CC(C)C)C(=O)C#Cc5ccc(C(F)(F)F)cc5)[C@H](O2)[C@]34CCN1CCc1ccccc1. The number of hydrogen-bond donors (Lipinski definition) is 1. The van der Waals surface area contributed by atoms with Gasteiger partial charge in [-0.25, -0.2) is 0 Å². The van der Waals surface area contributed by atoms with Crippen molar-refractivity contribution in [1.29, 1.82) is 0 Å². The van der Waals surface area contributed by atoms with Gasteiger partial charge < -0.3 is 19.5 Å². The fraction of sp³-hybridized carbons (Fsp3) is 0.450. The first-order chi connectivity index (χ1) is 23.9. The van der Waals surface area contributed by atoms with E-state index in [-0.39, 0.29) is 29.7 Å². The quantitative estimate of drug-likeness (QED) is 0.173. The number of phenols is 1. The van der Waals surface area contributed by atoms with Crippen molar-refractivity contribution in [3.8, 4) is 29.1 Å². The van der Waals surface area contributed by atoms with E-state index in [4.69, 9.17) is 9.47 Å². The number of ether oxygens (including phenoxy) is 2. The van der Waals surface area contributed by atoms with Crippen molar-refractivity contribution >= 4 is 11.9 Å². The summed E-state index contributed by atoms with van der Waals surface area (Å²) in [6.07, 6.45) is -1.14. The number of nitrogens with zero attached hydrogens (tertiary/aromatic N) is 2. The fourth-order valence-corrected chi connectivity index (χ4v) is 9.11. The van der Waals surface area contributed by atoms with Crippen molar-refractivity contribution in [2.24, 2.45) is 11.8 Å². The molecule has 1 spiro atoms. The smallest absolute Gasteiger partial charge is 0.416 e. The van der Waals surface area contributed by atoms with Gasteiger partial charge in [0.15, 0.2) is 11.5 Å². The molecule has 10 heteroatoms. The average Bonchev–Trinajstić information content (AvgIpc) is 3.42. The van der Waals surface area contributed by atoms with E-state index in [2.05, 4.69) is 41.0 Å². The molecular weight excluding hydrogens is 645 g/mol. The molecule has 2 aliphatic carbocycles. The maximum Gasteiger partial charge on any atom is 0.416 e. The minimum atomic E-state index is -4.46. The van der Waals surface area contributed by atoms with Crippen LogP contribution in [0, 0.1) is 23.7 Å². The number of esters is 1. The molecule has 1 N–H and O–H groups in total. The number of phenolic OH excluding ortho intramolecular Hbond substituents is 1. The van der Waals surface area contributed by atoms with Crippen LogP contribution in [-0.4, -0.2) is 64.6 Å². The number of rotatable bonds is 7. The van der Waals surface area contributed by atoms with Gasteiger partial charge >= 0.3 is 12.1 Å². The number of hydrogen-bond acceptors (Lipinski definition) is 6. The van der Waals surface area contributed by atoms with Crippen molar-refractivity contribution in [2.75, 3.05) is 19.6 Å². The summed E-state index contributed by atoms with van der Waals surface area (Å²) in [5.74, 6) is 5.57. The summed E-state index contributed by atoms with van der Waals surface area (Å²) in [6.45, 7) is 7.49. The van der Waals surface area contributed by atoms with E-state index in [1.165, 1.54) is 30.7 Å². The zero-order valence-corrected chi connectivity index (χ0v) is 28.4. The van der Waals surface area contributed by atoms with E-state index in [0.717, 1.165) is 55.6 Å². The van der Waals surface area contributed by atoms with Crippen LogP contribution in [0.3, 0.4) is 0 Å². The van der Waals surface area contributed by atoms with Crippen LogP contribution < -0.4 is 9.47 Å². The van der Waals surface area contributed by atoms with Crippen molar-refractivity contribution in [1.82, 2.24) is 9.80 Å². The highest BCUT2D eigenvalue weighted by Gasteiger charge is 2.67. The Bertz CT molecular complexity index is 1850. The minimum Gasteiger partial charge on any atom is -0.504 e. The third-order valence-corrected chi connectivity index (χ3v) is 11.0. The van der Waals surface area contributed by atoms with Gasteiger partial charge in [-0.1, -0.05) is 50.1 Å². The van der Waals surface area contributed by atoms with Gasteiger partial charge in [-0.15, -0.1) is 0 Å². The third kappa shape index (κ3) is 6.00. The van der Waals surface area contributed by atoms with Crippen molar-refractivity contribution in [2.45, 2.75) is 82.7 Å². The molecular formula is C40H41F3N2O5. The molecule has 1 saturated carbocycles. The standard InChI is InChI=1S/C40H41F3N2O5/c1-24(2)23-45(35(48)16-11-27-9-12-28(13-10-27)40(41,42)43)31-15-14-30-32-21-29-34(49-25(3)46)22-33(47)37-36(29)39(30,38(31)50-37)18-20-44(32)19-17-26-7-5-4-6-8-26/h4-10,12-13,22,24,30-32,38,47H,14-15,17-21,23H2,1-3H3/t30-,31+,32+,38-,39-/m0/s1. The lowest BCUT2D eigenvalue weighted by Crippen LogP contribution is -2.69. The molecule has 0 radical (unpaired) electrons. The Morgan fingerprint density at radius 1 is 1.12 bits per heavy atom. The molecule has 3 aromatic rings. The Balaban J connectivity index is 1.25. The van der Waals surface area contributed by atoms with Crippen molar-refractivity contribution < 1.29 is 37.3 Å². The molecule has 3 aromatic carbocycles. The second-order valence-corrected chi connectivity index (χ2v) is 14.5. The van der Waals surface area contributed by atoms with Gasteiger partial charge in [-0.2, -0.15) is 13.2 Å². The molecule has 2 fully saturated rings. The summed E-state index contributed by atoms with van der Waals surface area (Å²) in [5, 5.41) is 11.3. The highest BCUT2D eigenvalue weighted by molar-refractivity contribution is 5.94. The highest BCUT2D eigenvalue weighted by atomic mass is 19.4. The fourth-order valence-electron chi connectivity index (χ4n) is 9.11. The van der Waals surface area contributed by atoms with Crippen molar-refractivity contribution in [3.05, 3.63) is 88.5 Å². The normalized spacial score (nSPS) is 24.9. The van der Waals surface area contributed by atoms with Crippen LogP contribution in [0.2, 0.25) is 0 Å². The number of carbonyl (C=O) groups excluding carboxylic acids is 2. The van der Waals surface area contributed by atoms with Crippen LogP contribution in [0.4, 0.5) is 13.2 Å². The molecule has 0 unspecified atom stereocenters. The lowest BCUT2D eigenvalue weighted by Gasteiger charge is -2.60. The van der Waals surface area contributed by atoms with Gasteiger partial charge in [0.2, 0.25) is 0 Å².